The fourth-order valence-electron chi connectivity index (χ4n) is 10.4. The summed E-state index contributed by atoms with van der Waals surface area (Å²) in [6.45, 7) is 4.46. The van der Waals surface area contributed by atoms with E-state index in [2.05, 4.69) is 144 Å². The molecule has 13 aromatic rings. The van der Waals surface area contributed by atoms with Crippen LogP contribution in [0.1, 0.15) is 11.1 Å². The average molecular weight is 837 g/mol. The van der Waals surface area contributed by atoms with Crippen LogP contribution in [0, 0.1) is 25.5 Å². The third-order valence-corrected chi connectivity index (χ3v) is 15.4. The molecular formula is C56H34F2N2S2. The second-order valence-corrected chi connectivity index (χ2v) is 18.4. The number of halogens is 2. The Hall–Kier alpha value is -7.12. The Morgan fingerprint density at radius 2 is 0.726 bits per heavy atom. The summed E-state index contributed by atoms with van der Waals surface area (Å²) in [5.74, 6) is -0.588. The summed E-state index contributed by atoms with van der Waals surface area (Å²) in [6, 6.07) is 57.6. The van der Waals surface area contributed by atoms with Crippen molar-refractivity contribution >= 4 is 107 Å². The van der Waals surface area contributed by atoms with Gasteiger partial charge in [0, 0.05) is 63.6 Å². The van der Waals surface area contributed by atoms with Gasteiger partial charge in [0.05, 0.1) is 42.8 Å². The van der Waals surface area contributed by atoms with E-state index in [0.717, 1.165) is 77.6 Å². The van der Waals surface area contributed by atoms with Crippen molar-refractivity contribution in [1.82, 2.24) is 9.13 Å². The number of rotatable bonds is 4. The van der Waals surface area contributed by atoms with Crippen LogP contribution in [0.4, 0.5) is 8.78 Å². The van der Waals surface area contributed by atoms with E-state index >= 15 is 8.78 Å². The minimum Gasteiger partial charge on any atom is -0.307 e. The predicted molar refractivity (Wildman–Crippen MR) is 261 cm³/mol. The molecule has 0 aliphatic carbocycles. The molecule has 294 valence electrons. The van der Waals surface area contributed by atoms with Crippen molar-refractivity contribution in [3.63, 3.8) is 0 Å². The van der Waals surface area contributed by atoms with Gasteiger partial charge in [-0.25, -0.2) is 8.78 Å². The summed E-state index contributed by atoms with van der Waals surface area (Å²) in [7, 11) is 0. The van der Waals surface area contributed by atoms with Crippen molar-refractivity contribution in [3.05, 3.63) is 193 Å². The number of hydrogen-bond acceptors (Lipinski definition) is 2. The second kappa shape index (κ2) is 13.2. The van der Waals surface area contributed by atoms with Gasteiger partial charge in [-0.3, -0.25) is 0 Å². The van der Waals surface area contributed by atoms with Gasteiger partial charge in [0.2, 0.25) is 0 Å². The van der Waals surface area contributed by atoms with Crippen LogP contribution in [0.25, 0.3) is 118 Å². The number of fused-ring (bicyclic) bond motifs is 14. The first-order valence-corrected chi connectivity index (χ1v) is 22.4. The number of para-hydroxylation sites is 2. The van der Waals surface area contributed by atoms with Crippen LogP contribution in [0.15, 0.2) is 170 Å². The van der Waals surface area contributed by atoms with Crippen LogP contribution in [0.2, 0.25) is 0 Å². The maximum absolute atomic E-state index is 15.1. The average Bonchev–Trinajstić information content (AvgIpc) is 4.05. The van der Waals surface area contributed by atoms with Gasteiger partial charge in [0.15, 0.2) is 0 Å². The first kappa shape index (κ1) is 35.6. The molecule has 13 rings (SSSR count). The van der Waals surface area contributed by atoms with Crippen molar-refractivity contribution in [2.45, 2.75) is 13.8 Å². The highest BCUT2D eigenvalue weighted by molar-refractivity contribution is 7.27. The maximum Gasteiger partial charge on any atom is 0.123 e. The number of thiophene rings is 2. The van der Waals surface area contributed by atoms with Gasteiger partial charge in [0.1, 0.15) is 11.6 Å². The molecule has 0 atom stereocenters. The zero-order valence-electron chi connectivity index (χ0n) is 33.6. The Morgan fingerprint density at radius 3 is 1.18 bits per heavy atom. The van der Waals surface area contributed by atoms with Crippen molar-refractivity contribution in [2.24, 2.45) is 0 Å². The lowest BCUT2D eigenvalue weighted by Gasteiger charge is -2.27. The second-order valence-electron chi connectivity index (χ2n) is 16.3. The van der Waals surface area contributed by atoms with Crippen LogP contribution in [0.5, 0.6) is 0 Å². The molecule has 0 bridgehead atoms. The molecule has 6 heteroatoms. The molecule has 9 aromatic carbocycles. The topological polar surface area (TPSA) is 9.86 Å². The molecule has 0 radical (unpaired) electrons. The molecule has 0 aliphatic heterocycles. The van der Waals surface area contributed by atoms with Gasteiger partial charge < -0.3 is 9.13 Å². The first-order chi connectivity index (χ1) is 30.4. The zero-order valence-corrected chi connectivity index (χ0v) is 35.3. The van der Waals surface area contributed by atoms with E-state index in [9.17, 15) is 0 Å². The molecule has 0 amide bonds. The molecule has 4 heterocycles. The molecule has 0 fully saturated rings. The highest BCUT2D eigenvalue weighted by atomic mass is 32.1. The molecule has 0 N–H and O–H groups in total. The fraction of sp³-hybridized carbons (Fsp3) is 0.0357. The number of nitrogens with zero attached hydrogens (tertiary/aromatic N) is 2. The minimum absolute atomic E-state index is 0.294. The van der Waals surface area contributed by atoms with Crippen molar-refractivity contribution < 1.29 is 8.78 Å². The summed E-state index contributed by atoms with van der Waals surface area (Å²) >= 11 is 3.65. The Balaban J connectivity index is 1.29. The quantitative estimate of drug-likeness (QED) is 0.167. The lowest BCUT2D eigenvalue weighted by atomic mass is 9.86. The third-order valence-electron chi connectivity index (χ3n) is 13.0. The van der Waals surface area contributed by atoms with Crippen molar-refractivity contribution in [2.75, 3.05) is 0 Å². The number of hydrogen-bond donors (Lipinski definition) is 0. The summed E-state index contributed by atoms with van der Waals surface area (Å²) in [5, 5.41) is 9.56. The monoisotopic (exact) mass is 836 g/mol. The van der Waals surface area contributed by atoms with Crippen LogP contribution in [0.3, 0.4) is 0 Å². The minimum atomic E-state index is -0.294. The molecule has 2 nitrogen and oxygen atoms in total. The summed E-state index contributed by atoms with van der Waals surface area (Å²) < 4.78 is 40.0. The van der Waals surface area contributed by atoms with Crippen LogP contribution in [-0.2, 0) is 0 Å². The molecule has 0 unspecified atom stereocenters. The largest absolute Gasteiger partial charge is 0.307 e. The van der Waals surface area contributed by atoms with Crippen molar-refractivity contribution in [3.8, 4) is 33.6 Å². The Kier molecular flexibility index (Phi) is 7.58. The Bertz CT molecular complexity index is 3940. The summed E-state index contributed by atoms with van der Waals surface area (Å²) in [6.07, 6.45) is 0. The predicted octanol–water partition coefficient (Wildman–Crippen LogP) is 16.8. The molecule has 4 aromatic heterocycles. The highest BCUT2D eigenvalue weighted by Gasteiger charge is 2.30. The lowest BCUT2D eigenvalue weighted by Crippen LogP contribution is -2.10. The van der Waals surface area contributed by atoms with Crippen molar-refractivity contribution in [1.29, 1.82) is 0 Å². The van der Waals surface area contributed by atoms with Gasteiger partial charge in [-0.15, -0.1) is 22.7 Å². The van der Waals surface area contributed by atoms with E-state index in [1.54, 1.807) is 24.3 Å². The van der Waals surface area contributed by atoms with E-state index in [1.165, 1.54) is 51.1 Å². The van der Waals surface area contributed by atoms with E-state index < -0.39 is 0 Å². The van der Waals surface area contributed by atoms with Crippen LogP contribution in [-0.4, -0.2) is 9.13 Å². The Labute approximate surface area is 362 Å². The number of benzene rings is 9. The summed E-state index contributed by atoms with van der Waals surface area (Å²) in [5.41, 5.74) is 12.4. The van der Waals surface area contributed by atoms with Gasteiger partial charge in [-0.05, 0) is 84.6 Å². The van der Waals surface area contributed by atoms with Crippen LogP contribution >= 0.6 is 22.7 Å². The number of aromatic nitrogens is 2. The Morgan fingerprint density at radius 1 is 0.355 bits per heavy atom. The molecule has 0 aliphatic rings. The molecular weight excluding hydrogens is 803 g/mol. The van der Waals surface area contributed by atoms with E-state index in [-0.39, 0.29) is 11.6 Å². The molecule has 0 spiro atoms. The standard InChI is InChI=1S/C56H34F2N2S2/c1-31-49(33-19-23-35(57)24-20-33)54(60-46-16-8-4-12-38(46)42-28-30-44-40-14-6-10-18-48(40)62-56(44)53(42)60)50(34-21-25-36(58)26-22-34)32(2)51(31)59-45-15-7-3-11-37(45)41-27-29-43-39-13-5-9-17-47(39)61-55(43)52(41)59/h3-30H,1-2H3. The van der Waals surface area contributed by atoms with E-state index in [0.29, 0.717) is 0 Å². The lowest BCUT2D eigenvalue weighted by molar-refractivity contribution is 0.627. The first-order valence-electron chi connectivity index (χ1n) is 20.8. The molecule has 0 saturated carbocycles. The SMILES string of the molecule is Cc1c(-c2ccc(F)cc2)c(-n2c3ccccc3c3ccc4c5ccccc5sc4c32)c(-c2ccc(F)cc2)c(C)c1-n1c2ccccc2c2ccc3c4ccccc4sc3c21. The van der Waals surface area contributed by atoms with Gasteiger partial charge >= 0.3 is 0 Å². The maximum atomic E-state index is 15.1. The van der Waals surface area contributed by atoms with E-state index in [1.807, 2.05) is 46.9 Å². The molecule has 62 heavy (non-hydrogen) atoms. The van der Waals surface area contributed by atoms with E-state index in [4.69, 9.17) is 0 Å². The van der Waals surface area contributed by atoms with Gasteiger partial charge in [-0.2, -0.15) is 0 Å². The van der Waals surface area contributed by atoms with Gasteiger partial charge in [-0.1, -0.05) is 121 Å². The highest BCUT2D eigenvalue weighted by Crippen LogP contribution is 2.51. The van der Waals surface area contributed by atoms with Crippen LogP contribution < -0.4 is 0 Å². The van der Waals surface area contributed by atoms with Gasteiger partial charge in [0.25, 0.3) is 0 Å². The fourth-order valence-corrected chi connectivity index (χ4v) is 12.9. The molecule has 0 saturated heterocycles. The smallest absolute Gasteiger partial charge is 0.123 e. The zero-order chi connectivity index (χ0) is 41.4. The normalized spacial score (nSPS) is 12.2. The third kappa shape index (κ3) is 4.87. The summed E-state index contributed by atoms with van der Waals surface area (Å²) in [4.78, 5) is 0.